The fourth-order valence-electron chi connectivity index (χ4n) is 3.24. The van der Waals surface area contributed by atoms with E-state index in [1.54, 1.807) is 24.3 Å². The maximum absolute atomic E-state index is 12.6. The summed E-state index contributed by atoms with van der Waals surface area (Å²) in [7, 11) is 0. The van der Waals surface area contributed by atoms with Crippen molar-refractivity contribution >= 4 is 5.97 Å². The zero-order valence-corrected chi connectivity index (χ0v) is 17.6. The Labute approximate surface area is 181 Å². The van der Waals surface area contributed by atoms with E-state index in [1.165, 1.54) is 0 Å². The molecule has 0 saturated heterocycles. The van der Waals surface area contributed by atoms with E-state index in [9.17, 15) is 4.79 Å². The molecule has 156 valence electrons. The Balaban J connectivity index is 1.54. The molecule has 0 aliphatic heterocycles. The topological polar surface area (TPSA) is 53.4 Å². The molecule has 5 nitrogen and oxygen atoms in total. The Morgan fingerprint density at radius 2 is 1.55 bits per heavy atom. The summed E-state index contributed by atoms with van der Waals surface area (Å²) in [4.78, 5) is 12.6. The molecule has 0 bridgehead atoms. The molecule has 3 aromatic carbocycles. The van der Waals surface area contributed by atoms with Gasteiger partial charge >= 0.3 is 5.97 Å². The number of para-hydroxylation sites is 1. The highest BCUT2D eigenvalue weighted by atomic mass is 16.5. The van der Waals surface area contributed by atoms with Crippen molar-refractivity contribution in [2.75, 3.05) is 0 Å². The Morgan fingerprint density at radius 3 is 2.19 bits per heavy atom. The molecule has 0 atom stereocenters. The van der Waals surface area contributed by atoms with Crippen molar-refractivity contribution in [2.24, 2.45) is 0 Å². The van der Waals surface area contributed by atoms with Crippen LogP contribution < -0.4 is 4.74 Å². The summed E-state index contributed by atoms with van der Waals surface area (Å²) in [6.45, 7) is 4.05. The molecule has 0 spiro atoms. The summed E-state index contributed by atoms with van der Waals surface area (Å²) in [5.41, 5.74) is 4.02. The average molecular weight is 412 g/mol. The molecule has 0 N–H and O–H groups in total. The van der Waals surface area contributed by atoms with Crippen LogP contribution in [0.25, 0.3) is 16.9 Å². The summed E-state index contributed by atoms with van der Waals surface area (Å²) in [5.74, 6) is 0.338. The Morgan fingerprint density at radius 1 is 0.903 bits per heavy atom. The molecule has 4 aromatic rings. The smallest absolute Gasteiger partial charge is 0.338 e. The van der Waals surface area contributed by atoms with Gasteiger partial charge in [0.2, 0.25) is 0 Å². The van der Waals surface area contributed by atoms with Gasteiger partial charge in [-0.1, -0.05) is 48.5 Å². The first-order valence-electron chi connectivity index (χ1n) is 10.2. The number of carbonyl (C=O) groups is 1. The van der Waals surface area contributed by atoms with Crippen molar-refractivity contribution in [1.82, 2.24) is 9.78 Å². The van der Waals surface area contributed by atoms with Crippen molar-refractivity contribution in [3.63, 3.8) is 0 Å². The fraction of sp³-hybridized carbons (Fsp3) is 0.154. The van der Waals surface area contributed by atoms with E-state index in [0.29, 0.717) is 5.56 Å². The van der Waals surface area contributed by atoms with Gasteiger partial charge in [-0.25, -0.2) is 9.48 Å². The van der Waals surface area contributed by atoms with Crippen LogP contribution in [0.2, 0.25) is 0 Å². The predicted molar refractivity (Wildman–Crippen MR) is 120 cm³/mol. The standard InChI is InChI=1S/C26H24N2O3/c1-19(2)31-24-15-13-21(14-16-24)26(29)30-18-22-17-28(23-11-7-4-8-12-23)27-25(22)20-9-5-3-6-10-20/h3-17,19H,18H2,1-2H3. The fourth-order valence-corrected chi connectivity index (χ4v) is 3.24. The third kappa shape index (κ3) is 5.01. The van der Waals surface area contributed by atoms with Crippen LogP contribution in [0.15, 0.2) is 91.1 Å². The van der Waals surface area contributed by atoms with Gasteiger partial charge in [0, 0.05) is 17.3 Å². The molecule has 0 aliphatic rings. The number of rotatable bonds is 7. The minimum absolute atomic E-state index is 0.0790. The van der Waals surface area contributed by atoms with Crippen molar-refractivity contribution in [3.05, 3.63) is 102 Å². The maximum atomic E-state index is 12.6. The molecule has 31 heavy (non-hydrogen) atoms. The molecule has 0 saturated carbocycles. The van der Waals surface area contributed by atoms with Gasteiger partial charge in [-0.05, 0) is 50.2 Å². The highest BCUT2D eigenvalue weighted by Gasteiger charge is 2.15. The third-order valence-electron chi connectivity index (χ3n) is 4.68. The first-order chi connectivity index (χ1) is 15.1. The van der Waals surface area contributed by atoms with E-state index in [1.807, 2.05) is 85.4 Å². The van der Waals surface area contributed by atoms with Crippen LogP contribution in [0.5, 0.6) is 5.75 Å². The van der Waals surface area contributed by atoms with Crippen LogP contribution >= 0.6 is 0 Å². The van der Waals surface area contributed by atoms with Gasteiger partial charge in [0.25, 0.3) is 0 Å². The first kappa shape index (κ1) is 20.4. The maximum Gasteiger partial charge on any atom is 0.338 e. The normalized spacial score (nSPS) is 10.8. The average Bonchev–Trinajstić information content (AvgIpc) is 3.23. The largest absolute Gasteiger partial charge is 0.491 e. The highest BCUT2D eigenvalue weighted by molar-refractivity contribution is 5.89. The number of carbonyl (C=O) groups excluding carboxylic acids is 1. The summed E-state index contributed by atoms with van der Waals surface area (Å²) in [6, 6.07) is 26.7. The molecule has 0 amide bonds. The van der Waals surface area contributed by atoms with E-state index in [4.69, 9.17) is 14.6 Å². The lowest BCUT2D eigenvalue weighted by Crippen LogP contribution is -2.07. The minimum Gasteiger partial charge on any atom is -0.491 e. The summed E-state index contributed by atoms with van der Waals surface area (Å²) < 4.78 is 13.0. The molecular weight excluding hydrogens is 388 g/mol. The van der Waals surface area contributed by atoms with Crippen LogP contribution in [0.3, 0.4) is 0 Å². The molecule has 1 heterocycles. The quantitative estimate of drug-likeness (QED) is 0.366. The van der Waals surface area contributed by atoms with E-state index in [0.717, 1.165) is 28.3 Å². The summed E-state index contributed by atoms with van der Waals surface area (Å²) >= 11 is 0. The lowest BCUT2D eigenvalue weighted by molar-refractivity contribution is 0.0473. The van der Waals surface area contributed by atoms with E-state index >= 15 is 0 Å². The van der Waals surface area contributed by atoms with Crippen LogP contribution in [-0.4, -0.2) is 21.9 Å². The molecular formula is C26H24N2O3. The van der Waals surface area contributed by atoms with Crippen molar-refractivity contribution in [2.45, 2.75) is 26.6 Å². The second-order valence-corrected chi connectivity index (χ2v) is 7.42. The van der Waals surface area contributed by atoms with E-state index in [2.05, 4.69) is 0 Å². The number of aromatic nitrogens is 2. The number of hydrogen-bond donors (Lipinski definition) is 0. The Hall–Kier alpha value is -3.86. The summed E-state index contributed by atoms with van der Waals surface area (Å²) in [5, 5.41) is 4.75. The van der Waals surface area contributed by atoms with Crippen molar-refractivity contribution in [3.8, 4) is 22.7 Å². The van der Waals surface area contributed by atoms with Crippen LogP contribution in [0, 0.1) is 0 Å². The molecule has 0 unspecified atom stereocenters. The Kier molecular flexibility index (Phi) is 6.13. The molecule has 5 heteroatoms. The highest BCUT2D eigenvalue weighted by Crippen LogP contribution is 2.25. The van der Waals surface area contributed by atoms with E-state index in [-0.39, 0.29) is 18.7 Å². The predicted octanol–water partition coefficient (Wildman–Crippen LogP) is 5.68. The lowest BCUT2D eigenvalue weighted by Gasteiger charge is -2.10. The summed E-state index contributed by atoms with van der Waals surface area (Å²) in [6.07, 6.45) is 1.99. The number of hydrogen-bond acceptors (Lipinski definition) is 4. The molecule has 0 aliphatic carbocycles. The number of esters is 1. The van der Waals surface area contributed by atoms with Gasteiger partial charge in [0.05, 0.1) is 23.0 Å². The monoisotopic (exact) mass is 412 g/mol. The molecule has 0 fully saturated rings. The lowest BCUT2D eigenvalue weighted by atomic mass is 10.1. The molecule has 4 rings (SSSR count). The number of benzene rings is 3. The number of ether oxygens (including phenoxy) is 2. The van der Waals surface area contributed by atoms with Crippen molar-refractivity contribution in [1.29, 1.82) is 0 Å². The Bertz CT molecular complexity index is 1130. The van der Waals surface area contributed by atoms with Gasteiger partial charge in [0.1, 0.15) is 12.4 Å². The van der Waals surface area contributed by atoms with Gasteiger partial charge in [-0.15, -0.1) is 0 Å². The first-order valence-corrected chi connectivity index (χ1v) is 10.2. The second kappa shape index (κ2) is 9.30. The van der Waals surface area contributed by atoms with Crippen LogP contribution in [0.4, 0.5) is 0 Å². The zero-order chi connectivity index (χ0) is 21.6. The second-order valence-electron chi connectivity index (χ2n) is 7.42. The molecule has 1 aromatic heterocycles. The number of nitrogens with zero attached hydrogens (tertiary/aromatic N) is 2. The van der Waals surface area contributed by atoms with Crippen molar-refractivity contribution < 1.29 is 14.3 Å². The zero-order valence-electron chi connectivity index (χ0n) is 17.6. The molecule has 0 radical (unpaired) electrons. The third-order valence-corrected chi connectivity index (χ3v) is 4.68. The van der Waals surface area contributed by atoms with Gasteiger partial charge in [-0.3, -0.25) is 0 Å². The van der Waals surface area contributed by atoms with E-state index < -0.39 is 0 Å². The van der Waals surface area contributed by atoms with Gasteiger partial charge in [-0.2, -0.15) is 5.10 Å². The SMILES string of the molecule is CC(C)Oc1ccc(C(=O)OCc2cn(-c3ccccc3)nc2-c2ccccc2)cc1. The minimum atomic E-state index is -0.387. The van der Waals surface area contributed by atoms with Crippen LogP contribution in [0.1, 0.15) is 29.8 Å². The van der Waals surface area contributed by atoms with Gasteiger partial charge in [0.15, 0.2) is 0 Å². The van der Waals surface area contributed by atoms with Crippen LogP contribution in [-0.2, 0) is 11.3 Å². The van der Waals surface area contributed by atoms with Gasteiger partial charge < -0.3 is 9.47 Å².